The first-order valence-corrected chi connectivity index (χ1v) is 6.33. The molecule has 7 heteroatoms. The monoisotopic (exact) mass is 280 g/mol. The predicted octanol–water partition coefficient (Wildman–Crippen LogP) is 1.13. The molecule has 0 aromatic carbocycles. The van der Waals surface area contributed by atoms with Crippen LogP contribution in [-0.2, 0) is 0 Å². The van der Waals surface area contributed by atoms with Crippen LogP contribution in [0.15, 0.2) is 23.6 Å². The number of aromatic nitrogens is 1. The van der Waals surface area contributed by atoms with E-state index in [9.17, 15) is 4.79 Å². The van der Waals surface area contributed by atoms with Crippen LogP contribution in [0.4, 0.5) is 0 Å². The van der Waals surface area contributed by atoms with Gasteiger partial charge in [0.05, 0.1) is 18.9 Å². The highest BCUT2D eigenvalue weighted by molar-refractivity contribution is 6.01. The number of hydrogen-bond acceptors (Lipinski definition) is 5. The fraction of sp³-hybridized carbons (Fsp3) is 0.462. The number of oxime groups is 1. The summed E-state index contributed by atoms with van der Waals surface area (Å²) in [4.78, 5) is 16.3. The number of rotatable bonds is 6. The number of carbonyl (C=O) groups excluding carboxylic acids is 1. The number of amides is 1. The van der Waals surface area contributed by atoms with Gasteiger partial charge in [0.2, 0.25) is 0 Å². The van der Waals surface area contributed by atoms with Gasteiger partial charge in [-0.3, -0.25) is 9.78 Å². The van der Waals surface area contributed by atoms with E-state index in [0.717, 1.165) is 0 Å². The number of hydrogen-bond donors (Lipinski definition) is 3. The molecule has 0 aliphatic heterocycles. The number of nitrogens with one attached hydrogen (secondary N) is 1. The molecule has 0 bridgehead atoms. The Bertz CT molecular complexity index is 498. The van der Waals surface area contributed by atoms with Crippen LogP contribution >= 0.6 is 0 Å². The Morgan fingerprint density at radius 2 is 2.20 bits per heavy atom. The van der Waals surface area contributed by atoms with E-state index in [1.807, 2.05) is 13.8 Å². The Kier molecular flexibility index (Phi) is 5.31. The fourth-order valence-electron chi connectivity index (χ4n) is 1.96. The van der Waals surface area contributed by atoms with Gasteiger partial charge in [-0.05, 0) is 18.9 Å². The number of nitrogens with zero attached hydrogens (tertiary/aromatic N) is 2. The molecule has 0 fully saturated rings. The van der Waals surface area contributed by atoms with E-state index in [-0.39, 0.29) is 11.7 Å². The maximum absolute atomic E-state index is 12.4. The number of nitrogens with two attached hydrogens (primary N) is 1. The molecule has 1 aromatic heterocycles. The van der Waals surface area contributed by atoms with Gasteiger partial charge in [0.25, 0.3) is 5.91 Å². The molecule has 0 unspecified atom stereocenters. The molecular formula is C13H20N4O3. The molecule has 0 saturated carbocycles. The molecule has 0 spiro atoms. The highest BCUT2D eigenvalue weighted by Gasteiger charge is 2.34. The lowest BCUT2D eigenvalue weighted by molar-refractivity contribution is 0.0914. The van der Waals surface area contributed by atoms with Crippen LogP contribution in [-0.4, -0.2) is 34.6 Å². The lowest BCUT2D eigenvalue weighted by Crippen LogP contribution is -2.56. The van der Waals surface area contributed by atoms with Crippen LogP contribution in [0.3, 0.4) is 0 Å². The van der Waals surface area contributed by atoms with Crippen molar-refractivity contribution in [2.75, 3.05) is 7.11 Å². The lowest BCUT2D eigenvalue weighted by atomic mass is 9.91. The summed E-state index contributed by atoms with van der Waals surface area (Å²) < 4.78 is 5.10. The molecule has 1 amide bonds. The largest absolute Gasteiger partial charge is 0.494 e. The van der Waals surface area contributed by atoms with Gasteiger partial charge < -0.3 is 21.0 Å². The number of methoxy groups -OCH3 is 1. The van der Waals surface area contributed by atoms with Gasteiger partial charge in [-0.15, -0.1) is 0 Å². The second-order valence-electron chi connectivity index (χ2n) is 4.30. The summed E-state index contributed by atoms with van der Waals surface area (Å²) in [5.74, 6) is -0.0194. The maximum atomic E-state index is 12.4. The van der Waals surface area contributed by atoms with E-state index in [0.29, 0.717) is 24.2 Å². The van der Waals surface area contributed by atoms with Crippen molar-refractivity contribution in [1.82, 2.24) is 10.3 Å². The Balaban J connectivity index is 3.09. The molecule has 4 N–H and O–H groups in total. The summed E-state index contributed by atoms with van der Waals surface area (Å²) in [6, 6.07) is 1.55. The quantitative estimate of drug-likeness (QED) is 0.313. The van der Waals surface area contributed by atoms with Crippen LogP contribution in [0.1, 0.15) is 37.0 Å². The minimum absolute atomic E-state index is 0.0242. The van der Waals surface area contributed by atoms with E-state index in [2.05, 4.69) is 15.5 Å². The van der Waals surface area contributed by atoms with Gasteiger partial charge in [0, 0.05) is 6.20 Å². The second kappa shape index (κ2) is 6.74. The molecule has 0 atom stereocenters. The molecule has 1 rings (SSSR count). The first kappa shape index (κ1) is 15.7. The predicted molar refractivity (Wildman–Crippen MR) is 75.0 cm³/mol. The Morgan fingerprint density at radius 3 is 2.70 bits per heavy atom. The molecule has 110 valence electrons. The average molecular weight is 280 g/mol. The van der Waals surface area contributed by atoms with Gasteiger partial charge in [0.15, 0.2) is 5.84 Å². The Morgan fingerprint density at radius 1 is 1.55 bits per heavy atom. The summed E-state index contributed by atoms with van der Waals surface area (Å²) in [7, 11) is 1.46. The van der Waals surface area contributed by atoms with Crippen molar-refractivity contribution in [2.24, 2.45) is 10.9 Å². The summed E-state index contributed by atoms with van der Waals surface area (Å²) in [6.07, 6.45) is 3.95. The summed E-state index contributed by atoms with van der Waals surface area (Å²) in [5, 5.41) is 14.7. The summed E-state index contributed by atoms with van der Waals surface area (Å²) in [5.41, 5.74) is 5.17. The van der Waals surface area contributed by atoms with Crippen molar-refractivity contribution in [3.05, 3.63) is 24.0 Å². The fourth-order valence-corrected chi connectivity index (χ4v) is 1.96. The standard InChI is InChI=1S/C13H20N4O3/c1-4-13(5-2,12(14)17-19)16-11(18)9-6-7-15-8-10(9)20-3/h6-8,19H,4-5H2,1-3H3,(H2,14,17)(H,16,18). The van der Waals surface area contributed by atoms with Crippen LogP contribution in [0, 0.1) is 0 Å². The molecular weight excluding hydrogens is 260 g/mol. The van der Waals surface area contributed by atoms with Crippen molar-refractivity contribution < 1.29 is 14.7 Å². The molecule has 0 radical (unpaired) electrons. The second-order valence-corrected chi connectivity index (χ2v) is 4.30. The lowest BCUT2D eigenvalue weighted by Gasteiger charge is -2.31. The molecule has 0 aliphatic carbocycles. The van der Waals surface area contributed by atoms with Crippen LogP contribution in [0.25, 0.3) is 0 Å². The van der Waals surface area contributed by atoms with Crippen LogP contribution in [0.5, 0.6) is 5.75 Å². The third-order valence-electron chi connectivity index (χ3n) is 3.41. The topological polar surface area (TPSA) is 110 Å². The third-order valence-corrected chi connectivity index (χ3v) is 3.41. The molecule has 0 saturated heterocycles. The van der Waals surface area contributed by atoms with Gasteiger partial charge in [0.1, 0.15) is 11.3 Å². The SMILES string of the molecule is CCC(CC)(NC(=O)c1ccncc1OC)/C(N)=N/O. The van der Waals surface area contributed by atoms with Crippen molar-refractivity contribution in [2.45, 2.75) is 32.2 Å². The number of ether oxygens (including phenoxy) is 1. The first-order valence-electron chi connectivity index (χ1n) is 6.33. The van der Waals surface area contributed by atoms with Crippen LogP contribution in [0.2, 0.25) is 0 Å². The Labute approximate surface area is 117 Å². The summed E-state index contributed by atoms with van der Waals surface area (Å²) >= 11 is 0. The van der Waals surface area contributed by atoms with Gasteiger partial charge in [-0.25, -0.2) is 0 Å². The zero-order chi connectivity index (χ0) is 15.2. The molecule has 7 nitrogen and oxygen atoms in total. The highest BCUT2D eigenvalue weighted by Crippen LogP contribution is 2.20. The number of pyridine rings is 1. The zero-order valence-electron chi connectivity index (χ0n) is 11.9. The maximum Gasteiger partial charge on any atom is 0.255 e. The van der Waals surface area contributed by atoms with E-state index in [1.165, 1.54) is 19.5 Å². The van der Waals surface area contributed by atoms with Crippen molar-refractivity contribution in [1.29, 1.82) is 0 Å². The molecule has 1 aromatic rings. The molecule has 0 aliphatic rings. The third kappa shape index (κ3) is 2.98. The van der Waals surface area contributed by atoms with E-state index in [1.54, 1.807) is 6.07 Å². The minimum Gasteiger partial charge on any atom is -0.494 e. The van der Waals surface area contributed by atoms with Crippen molar-refractivity contribution in [3.63, 3.8) is 0 Å². The Hall–Kier alpha value is -2.31. The molecule has 1 heterocycles. The zero-order valence-corrected chi connectivity index (χ0v) is 11.9. The van der Waals surface area contributed by atoms with Crippen molar-refractivity contribution in [3.8, 4) is 5.75 Å². The van der Waals surface area contributed by atoms with Gasteiger partial charge >= 0.3 is 0 Å². The number of carbonyl (C=O) groups is 1. The first-order chi connectivity index (χ1) is 9.54. The minimum atomic E-state index is -0.889. The molecule has 20 heavy (non-hydrogen) atoms. The highest BCUT2D eigenvalue weighted by atomic mass is 16.5. The van der Waals surface area contributed by atoms with Crippen molar-refractivity contribution >= 4 is 11.7 Å². The summed E-state index contributed by atoms with van der Waals surface area (Å²) in [6.45, 7) is 3.71. The van der Waals surface area contributed by atoms with Gasteiger partial charge in [-0.2, -0.15) is 0 Å². The van der Waals surface area contributed by atoms with Gasteiger partial charge in [-0.1, -0.05) is 19.0 Å². The average Bonchev–Trinajstić information content (AvgIpc) is 2.51. The smallest absolute Gasteiger partial charge is 0.255 e. The normalized spacial score (nSPS) is 12.1. The van der Waals surface area contributed by atoms with E-state index >= 15 is 0 Å². The van der Waals surface area contributed by atoms with E-state index < -0.39 is 5.54 Å². The number of amidine groups is 1. The van der Waals surface area contributed by atoms with Crippen LogP contribution < -0.4 is 15.8 Å². The van der Waals surface area contributed by atoms with E-state index in [4.69, 9.17) is 15.7 Å².